The standard InChI is InChI=1S/C13H23NO4.2C12H20FNO4.C5H8FNO2.I3.2I2.HI/c1-6-17-10(15)13(7-9(2)8-13)14-11(16)18-12(3,4)5;2*1-5-17-9(15)12(6-8(13)7-12)14-10(16)18-11(2,3)4;6-3-1-5(7,2-3)4(8)9;1-3-2;2*1-2;/h9H,6-8H2,1-5H3,(H,14,16);2*8H,5-7H2,1-4H3,(H,14,16);3H,1-2,7H2,(H,8,9);;;;1H/q;;;;-1;;;/i;2*13-1;6-1;;;;. The minimum atomic E-state index is -1.27. The Morgan fingerprint density at radius 3 is 0.901 bits per heavy atom. The van der Waals surface area contributed by atoms with Crippen LogP contribution in [0.1, 0.15) is 141 Å². The predicted molar refractivity (Wildman–Crippen MR) is 321 cm³/mol. The monoisotopic (exact) mass is 1930 g/mol. The Bertz CT molecular complexity index is 1480. The van der Waals surface area contributed by atoms with E-state index in [2.05, 4.69) is 128 Å². The van der Waals surface area contributed by atoms with Crippen molar-refractivity contribution in [1.29, 1.82) is 0 Å². The number of hydrogen-bond acceptors (Lipinski definition) is 14. The number of nitrogens with two attached hydrogens (primary N) is 1. The van der Waals surface area contributed by atoms with Crippen LogP contribution in [0.2, 0.25) is 0 Å². The van der Waals surface area contributed by atoms with Crippen molar-refractivity contribution in [2.75, 3.05) is 19.8 Å². The van der Waals surface area contributed by atoms with E-state index in [-0.39, 0.29) is 81.7 Å². The van der Waals surface area contributed by atoms with Crippen LogP contribution in [0.4, 0.5) is 27.6 Å². The summed E-state index contributed by atoms with van der Waals surface area (Å²) in [6, 6.07) is 0. The Morgan fingerprint density at radius 1 is 0.549 bits per heavy atom. The van der Waals surface area contributed by atoms with E-state index in [0.29, 0.717) is 38.6 Å². The van der Waals surface area contributed by atoms with Crippen molar-refractivity contribution in [2.24, 2.45) is 11.7 Å². The number of carboxylic acids is 1. The summed E-state index contributed by atoms with van der Waals surface area (Å²) in [6.07, 6.45) is -4.36. The van der Waals surface area contributed by atoms with Crippen LogP contribution in [0.25, 0.3) is 0 Å². The van der Waals surface area contributed by atoms with Crippen LogP contribution in [0.5, 0.6) is 0 Å². The van der Waals surface area contributed by atoms with Crippen molar-refractivity contribution in [2.45, 2.75) is 199 Å². The normalized spacial score (nSPS) is 26.4. The molecule has 0 aromatic carbocycles. The maximum atomic E-state index is 13.0. The number of alkyl halides is 3. The zero-order valence-electron chi connectivity index (χ0n) is 42.1. The van der Waals surface area contributed by atoms with Crippen LogP contribution in [-0.4, -0.2) is 125 Å². The largest absolute Gasteiger partial charge is 0.480 e. The van der Waals surface area contributed by atoms with Crippen LogP contribution in [0.3, 0.4) is 0 Å². The Hall–Kier alpha value is 1.28. The van der Waals surface area contributed by atoms with E-state index in [9.17, 15) is 46.7 Å². The molecule has 0 unspecified atom stereocenters. The molecule has 18 nitrogen and oxygen atoms in total. The van der Waals surface area contributed by atoms with E-state index in [1.807, 2.05) is 6.92 Å². The van der Waals surface area contributed by atoms with Gasteiger partial charge >= 0.3 is 92.6 Å². The van der Waals surface area contributed by atoms with Crippen molar-refractivity contribution >= 4 is 178 Å². The number of nitrogens with one attached hydrogen (secondary N) is 3. The second kappa shape index (κ2) is 37.2. The average molecular weight is 1930 g/mol. The number of halogens is 11. The van der Waals surface area contributed by atoms with Crippen molar-refractivity contribution in [1.82, 2.24) is 16.0 Å². The van der Waals surface area contributed by atoms with Gasteiger partial charge in [-0.3, -0.25) is 4.79 Å². The molecule has 4 fully saturated rings. The maximum absolute atomic E-state index is 13.0. The van der Waals surface area contributed by atoms with E-state index >= 15 is 0 Å². The fourth-order valence-corrected chi connectivity index (χ4v) is 6.69. The third-order valence-electron chi connectivity index (χ3n) is 9.49. The van der Waals surface area contributed by atoms with Gasteiger partial charge in [-0.1, -0.05) is 6.92 Å². The Kier molecular flexibility index (Phi) is 41.3. The number of hydrogen-bond donors (Lipinski definition) is 5. The third-order valence-corrected chi connectivity index (χ3v) is 9.49. The zero-order valence-corrected chi connectivity index (χ0v) is 59.5. The number of amides is 3. The number of ether oxygens (including phenoxy) is 6. The van der Waals surface area contributed by atoms with E-state index in [1.54, 1.807) is 83.1 Å². The van der Waals surface area contributed by atoms with Crippen molar-refractivity contribution in [3.05, 3.63) is 0 Å². The molecule has 0 saturated heterocycles. The molecule has 0 aromatic heterocycles. The summed E-state index contributed by atoms with van der Waals surface area (Å²) in [7, 11) is 0. The number of aliphatic carboxylic acids is 1. The second-order valence-electron chi connectivity index (χ2n) is 19.3. The topological polar surface area (TPSA) is 257 Å². The minimum absolute atomic E-state index is 0. The van der Waals surface area contributed by atoms with Gasteiger partial charge in [-0.05, 0) is 102 Å². The average Bonchev–Trinajstić information content (AvgIpc) is 3.16. The van der Waals surface area contributed by atoms with Gasteiger partial charge in [0.2, 0.25) is 0 Å². The molecular formula is C42H72F3I8N4O14-. The van der Waals surface area contributed by atoms with Crippen molar-refractivity contribution < 1.29 is 93.5 Å². The molecule has 0 radical (unpaired) electrons. The van der Waals surface area contributed by atoms with Crippen LogP contribution in [0, 0.1) is 5.92 Å². The van der Waals surface area contributed by atoms with Crippen LogP contribution < -0.4 is 34.9 Å². The fraction of sp³-hybridized carbons (Fsp3) is 0.833. The number of esters is 3. The third kappa shape index (κ3) is 31.5. The van der Waals surface area contributed by atoms with Crippen LogP contribution in [-0.2, 0) is 47.6 Å². The molecule has 422 valence electrons. The molecule has 4 rings (SSSR count). The number of alkyl carbamates (subject to hydrolysis) is 3. The summed E-state index contributed by atoms with van der Waals surface area (Å²) in [4.78, 5) is 80.5. The van der Waals surface area contributed by atoms with Gasteiger partial charge in [-0.15, -0.1) is 24.0 Å². The quantitative estimate of drug-likeness (QED) is 0.0777. The summed E-state index contributed by atoms with van der Waals surface area (Å²) < 4.78 is 68.0. The summed E-state index contributed by atoms with van der Waals surface area (Å²) in [5, 5.41) is 15.8. The molecule has 4 saturated carbocycles. The van der Waals surface area contributed by atoms with Gasteiger partial charge in [-0.2, -0.15) is 0 Å². The molecule has 6 N–H and O–H groups in total. The molecular weight excluding hydrogens is 1850 g/mol. The zero-order chi connectivity index (χ0) is 55.7. The van der Waals surface area contributed by atoms with Crippen LogP contribution in [0.15, 0.2) is 0 Å². The Balaban J connectivity index is -0.000000410. The van der Waals surface area contributed by atoms with Gasteiger partial charge in [0.1, 0.15) is 57.5 Å². The van der Waals surface area contributed by atoms with E-state index in [4.69, 9.17) is 39.3 Å². The smallest absolute Gasteiger partial charge is 0.323 e. The number of carbonyl (C=O) groups excluding carboxylic acids is 6. The summed E-state index contributed by atoms with van der Waals surface area (Å²) >= 11 is 13.8. The van der Waals surface area contributed by atoms with E-state index in [0.717, 1.165) is 0 Å². The van der Waals surface area contributed by atoms with E-state index < -0.39 is 93.7 Å². The van der Waals surface area contributed by atoms with Gasteiger partial charge in [0.15, 0.2) is 0 Å². The van der Waals surface area contributed by atoms with E-state index in [1.165, 1.54) is 0 Å². The molecule has 0 atom stereocenters. The molecule has 0 aliphatic heterocycles. The molecule has 4 aliphatic carbocycles. The number of carboxylic acid groups (broad SMARTS) is 1. The first-order valence-electron chi connectivity index (χ1n) is 21.7. The first-order chi connectivity index (χ1) is 32.0. The number of rotatable bonds is 10. The van der Waals surface area contributed by atoms with Gasteiger partial charge in [0, 0.05) is 113 Å². The minimum Gasteiger partial charge on any atom is -0.480 e. The first-order valence-corrected chi connectivity index (χ1v) is 46.8. The maximum Gasteiger partial charge on any atom is 0.323 e. The molecule has 3 amide bonds. The molecule has 4 aliphatic rings. The first kappa shape index (κ1) is 78.8. The van der Waals surface area contributed by atoms with Gasteiger partial charge in [0.25, 0.3) is 0 Å². The SMILES string of the molecule is CCOC(=O)C1(NC(=O)OC(C)(C)C)CC(C)C1.CCOC(=O)C1(NC(=O)OC(C)(C)C)CC([18F])C1.CCOC(=O)C1(NC(=O)OC(C)(C)C)CC([18F])C1.I.II.II.I[I-]I.NC1(C(=O)O)CC([18F])C1. The summed E-state index contributed by atoms with van der Waals surface area (Å²) in [6.45, 7) is 23.4. The van der Waals surface area contributed by atoms with Crippen LogP contribution >= 0.6 is 136 Å². The summed E-state index contributed by atoms with van der Waals surface area (Å²) in [5.74, 6) is -2.27. The molecule has 0 bridgehead atoms. The molecule has 0 aromatic rings. The van der Waals surface area contributed by atoms with Gasteiger partial charge < -0.3 is 55.2 Å². The molecule has 71 heavy (non-hydrogen) atoms. The van der Waals surface area contributed by atoms with Crippen molar-refractivity contribution in [3.8, 4) is 0 Å². The number of carbonyl (C=O) groups is 7. The fourth-order valence-electron chi connectivity index (χ4n) is 6.69. The Morgan fingerprint density at radius 2 is 0.761 bits per heavy atom. The Labute approximate surface area is 510 Å². The summed E-state index contributed by atoms with van der Waals surface area (Å²) in [5.41, 5.74) is -1.40. The van der Waals surface area contributed by atoms with Gasteiger partial charge in [0.05, 0.1) is 19.8 Å². The molecule has 29 heteroatoms. The second-order valence-corrected chi connectivity index (χ2v) is 35.6. The van der Waals surface area contributed by atoms with Crippen molar-refractivity contribution in [3.63, 3.8) is 0 Å². The molecule has 0 heterocycles. The van der Waals surface area contributed by atoms with Gasteiger partial charge in [-0.25, -0.2) is 41.9 Å². The predicted octanol–water partition coefficient (Wildman–Crippen LogP) is 8.97. The molecule has 0 spiro atoms.